The molecule has 0 fully saturated rings. The summed E-state index contributed by atoms with van der Waals surface area (Å²) in [5.74, 6) is 1.38. The first kappa shape index (κ1) is 25.2. The van der Waals surface area contributed by atoms with Gasteiger partial charge in [-0.15, -0.1) is 0 Å². The topological polar surface area (TPSA) is 118 Å². The number of hydrogen-bond acceptors (Lipinski definition) is 8. The van der Waals surface area contributed by atoms with E-state index < -0.39 is 0 Å². The van der Waals surface area contributed by atoms with Gasteiger partial charge in [0, 0.05) is 0 Å². The third-order valence-electron chi connectivity index (χ3n) is 4.17. The standard InChI is InChI=1S/C15H10N2O2.C10H14O4/c18-10-16-14-5-1-12(2-6-14)9-13-3-7-15(8-4-13)17-11-19;11-5-7-13-9-1-2-10(4-3-9)14-8-6-12/h1-8H,9H2;1-4,11-12H,5-8H2. The molecule has 0 unspecified atom stereocenters. The molecule has 2 N–H and O–H groups in total. The van der Waals surface area contributed by atoms with Gasteiger partial charge in [-0.2, -0.15) is 9.98 Å². The van der Waals surface area contributed by atoms with Crippen LogP contribution in [0.3, 0.4) is 0 Å². The van der Waals surface area contributed by atoms with Crippen LogP contribution in [-0.4, -0.2) is 48.8 Å². The molecule has 0 radical (unpaired) electrons. The highest BCUT2D eigenvalue weighted by atomic mass is 16.5. The Morgan fingerprint density at radius 1 is 0.606 bits per heavy atom. The average Bonchev–Trinajstić information content (AvgIpc) is 2.85. The van der Waals surface area contributed by atoms with Gasteiger partial charge >= 0.3 is 0 Å². The van der Waals surface area contributed by atoms with Crippen LogP contribution in [-0.2, 0) is 16.0 Å². The van der Waals surface area contributed by atoms with E-state index in [4.69, 9.17) is 19.7 Å². The molecule has 3 aromatic rings. The number of carbonyl (C=O) groups excluding carboxylic acids is 2. The third kappa shape index (κ3) is 9.74. The Bertz CT molecular complexity index is 967. The Kier molecular flexibility index (Phi) is 11.3. The number of aliphatic hydroxyl groups excluding tert-OH is 2. The fourth-order valence-corrected chi connectivity index (χ4v) is 2.68. The van der Waals surface area contributed by atoms with E-state index in [0.29, 0.717) is 22.9 Å². The van der Waals surface area contributed by atoms with Gasteiger partial charge in [0.1, 0.15) is 24.7 Å². The Balaban J connectivity index is 0.000000245. The van der Waals surface area contributed by atoms with Crippen molar-refractivity contribution < 1.29 is 29.3 Å². The number of isocyanates is 2. The van der Waals surface area contributed by atoms with Crippen LogP contribution in [0.4, 0.5) is 11.4 Å². The van der Waals surface area contributed by atoms with Gasteiger partial charge in [0.05, 0.1) is 24.6 Å². The number of aliphatic imine (C=N–C) groups is 2. The molecular weight excluding hydrogens is 424 g/mol. The van der Waals surface area contributed by atoms with Crippen molar-refractivity contribution in [2.24, 2.45) is 9.98 Å². The van der Waals surface area contributed by atoms with Crippen molar-refractivity contribution in [3.05, 3.63) is 83.9 Å². The molecular formula is C25H24N2O6. The van der Waals surface area contributed by atoms with Crippen molar-refractivity contribution in [3.63, 3.8) is 0 Å². The molecule has 3 rings (SSSR count). The van der Waals surface area contributed by atoms with Gasteiger partial charge in [-0.1, -0.05) is 24.3 Å². The van der Waals surface area contributed by atoms with Gasteiger partial charge in [-0.3, -0.25) is 0 Å². The van der Waals surface area contributed by atoms with Gasteiger partial charge in [0.15, 0.2) is 0 Å². The fraction of sp³-hybridized carbons (Fsp3) is 0.200. The van der Waals surface area contributed by atoms with Crippen LogP contribution in [0.5, 0.6) is 11.5 Å². The van der Waals surface area contributed by atoms with Crippen LogP contribution in [0.25, 0.3) is 0 Å². The molecule has 0 amide bonds. The zero-order valence-electron chi connectivity index (χ0n) is 17.9. The minimum absolute atomic E-state index is 0.00274. The maximum atomic E-state index is 10.1. The van der Waals surface area contributed by atoms with Crippen molar-refractivity contribution in [1.82, 2.24) is 0 Å². The lowest BCUT2D eigenvalue weighted by atomic mass is 10.0. The molecule has 0 aliphatic rings. The number of benzene rings is 3. The number of ether oxygens (including phenoxy) is 2. The monoisotopic (exact) mass is 448 g/mol. The first-order valence-electron chi connectivity index (χ1n) is 10.1. The largest absolute Gasteiger partial charge is 0.491 e. The summed E-state index contributed by atoms with van der Waals surface area (Å²) in [5.41, 5.74) is 3.40. The van der Waals surface area contributed by atoms with E-state index in [0.717, 1.165) is 17.5 Å². The van der Waals surface area contributed by atoms with Gasteiger partial charge in [-0.05, 0) is 66.1 Å². The molecule has 0 atom stereocenters. The first-order valence-corrected chi connectivity index (χ1v) is 10.1. The quantitative estimate of drug-likeness (QED) is 0.361. The average molecular weight is 448 g/mol. The number of aliphatic hydroxyl groups is 2. The predicted octanol–water partition coefficient (Wildman–Crippen LogP) is 3.64. The highest BCUT2D eigenvalue weighted by Gasteiger charge is 1.98. The van der Waals surface area contributed by atoms with Gasteiger partial charge < -0.3 is 19.7 Å². The second-order valence-corrected chi connectivity index (χ2v) is 6.53. The second-order valence-electron chi connectivity index (χ2n) is 6.53. The van der Waals surface area contributed by atoms with Crippen molar-refractivity contribution in [1.29, 1.82) is 0 Å². The fourth-order valence-electron chi connectivity index (χ4n) is 2.68. The summed E-state index contributed by atoms with van der Waals surface area (Å²) in [4.78, 5) is 27.3. The third-order valence-corrected chi connectivity index (χ3v) is 4.17. The Morgan fingerprint density at radius 3 is 1.27 bits per heavy atom. The molecule has 0 bridgehead atoms. The van der Waals surface area contributed by atoms with Crippen LogP contribution in [0, 0.1) is 0 Å². The van der Waals surface area contributed by atoms with E-state index in [9.17, 15) is 9.59 Å². The normalized spacial score (nSPS) is 9.52. The smallest absolute Gasteiger partial charge is 0.240 e. The van der Waals surface area contributed by atoms with Crippen LogP contribution in [0.1, 0.15) is 11.1 Å². The molecule has 0 saturated carbocycles. The lowest BCUT2D eigenvalue weighted by Gasteiger charge is -2.06. The molecule has 0 heterocycles. The van der Waals surface area contributed by atoms with Gasteiger partial charge in [-0.25, -0.2) is 9.59 Å². The van der Waals surface area contributed by atoms with E-state index in [1.807, 2.05) is 24.3 Å². The lowest BCUT2D eigenvalue weighted by Crippen LogP contribution is -2.03. The van der Waals surface area contributed by atoms with Gasteiger partial charge in [0.2, 0.25) is 12.2 Å². The minimum atomic E-state index is 0.00274. The summed E-state index contributed by atoms with van der Waals surface area (Å²) in [6.45, 7) is 0.583. The second kappa shape index (κ2) is 14.9. The summed E-state index contributed by atoms with van der Waals surface area (Å²) in [6.07, 6.45) is 3.77. The van der Waals surface area contributed by atoms with Crippen LogP contribution in [0.2, 0.25) is 0 Å². The Hall–Kier alpha value is -4.06. The molecule has 0 spiro atoms. The zero-order valence-corrected chi connectivity index (χ0v) is 17.9. The number of hydrogen-bond donors (Lipinski definition) is 2. The van der Waals surface area contributed by atoms with Gasteiger partial charge in [0.25, 0.3) is 0 Å². The molecule has 33 heavy (non-hydrogen) atoms. The van der Waals surface area contributed by atoms with Crippen molar-refractivity contribution >= 4 is 23.5 Å². The van der Waals surface area contributed by atoms with Crippen molar-refractivity contribution in [2.75, 3.05) is 26.4 Å². The van der Waals surface area contributed by atoms with E-state index in [1.54, 1.807) is 48.5 Å². The first-order chi connectivity index (χ1) is 16.2. The predicted molar refractivity (Wildman–Crippen MR) is 123 cm³/mol. The highest BCUT2D eigenvalue weighted by Crippen LogP contribution is 2.18. The number of rotatable bonds is 10. The van der Waals surface area contributed by atoms with E-state index in [2.05, 4.69) is 9.98 Å². The van der Waals surface area contributed by atoms with Crippen molar-refractivity contribution in [3.8, 4) is 11.5 Å². The van der Waals surface area contributed by atoms with Crippen LogP contribution in [0.15, 0.2) is 82.8 Å². The molecule has 8 nitrogen and oxygen atoms in total. The number of nitrogens with zero attached hydrogens (tertiary/aromatic N) is 2. The molecule has 0 aliphatic heterocycles. The van der Waals surface area contributed by atoms with Crippen LogP contribution >= 0.6 is 0 Å². The van der Waals surface area contributed by atoms with E-state index in [1.165, 1.54) is 12.2 Å². The summed E-state index contributed by atoms with van der Waals surface area (Å²) in [5, 5.41) is 17.0. The Labute approximate surface area is 191 Å². The summed E-state index contributed by atoms with van der Waals surface area (Å²) < 4.78 is 10.3. The SMILES string of the molecule is O=C=Nc1ccc(Cc2ccc(N=C=O)cc2)cc1.OCCOc1ccc(OCCO)cc1. The summed E-state index contributed by atoms with van der Waals surface area (Å²) >= 11 is 0. The van der Waals surface area contributed by atoms with Crippen molar-refractivity contribution in [2.45, 2.75) is 6.42 Å². The summed E-state index contributed by atoms with van der Waals surface area (Å²) in [7, 11) is 0. The Morgan fingerprint density at radius 2 is 0.970 bits per heavy atom. The molecule has 0 aromatic heterocycles. The minimum Gasteiger partial charge on any atom is -0.491 e. The molecule has 170 valence electrons. The maximum Gasteiger partial charge on any atom is 0.240 e. The highest BCUT2D eigenvalue weighted by molar-refractivity contribution is 5.51. The maximum absolute atomic E-state index is 10.1. The van der Waals surface area contributed by atoms with Crippen LogP contribution < -0.4 is 9.47 Å². The molecule has 8 heteroatoms. The molecule has 3 aromatic carbocycles. The summed E-state index contributed by atoms with van der Waals surface area (Å²) in [6, 6.07) is 21.7. The zero-order chi connectivity index (χ0) is 23.7. The molecule has 0 aliphatic carbocycles. The molecule has 0 saturated heterocycles. The lowest BCUT2D eigenvalue weighted by molar-refractivity contribution is 0.198. The van der Waals surface area contributed by atoms with E-state index >= 15 is 0 Å². The van der Waals surface area contributed by atoms with E-state index in [-0.39, 0.29) is 26.4 Å².